The molecular weight excluding hydrogens is 252 g/mol. The predicted octanol–water partition coefficient (Wildman–Crippen LogP) is 4.90. The lowest BCUT2D eigenvalue weighted by Gasteiger charge is -2.10. The summed E-state index contributed by atoms with van der Waals surface area (Å²) in [7, 11) is 0. The van der Waals surface area contributed by atoms with Crippen LogP contribution in [-0.2, 0) is 0 Å². The van der Waals surface area contributed by atoms with Gasteiger partial charge in [-0.1, -0.05) is 48.5 Å². The number of rotatable bonds is 4. The fourth-order valence-corrected chi connectivity index (χ4v) is 2.92. The molecule has 0 radical (unpaired) electrons. The topological polar surface area (TPSA) is 20.2 Å². The summed E-state index contributed by atoms with van der Waals surface area (Å²) in [4.78, 5) is 2.49. The quantitative estimate of drug-likeness (QED) is 0.854. The van der Waals surface area contributed by atoms with Gasteiger partial charge in [-0.15, -0.1) is 0 Å². The Morgan fingerprint density at radius 3 is 2.32 bits per heavy atom. The van der Waals surface area contributed by atoms with E-state index in [-0.39, 0.29) is 6.10 Å². The van der Waals surface area contributed by atoms with Crippen molar-refractivity contribution in [2.45, 2.75) is 43.1 Å². The predicted molar refractivity (Wildman–Crippen MR) is 81.7 cm³/mol. The summed E-state index contributed by atoms with van der Waals surface area (Å²) >= 11 is 1.77. The maximum atomic E-state index is 9.78. The van der Waals surface area contributed by atoms with Crippen LogP contribution in [0.15, 0.2) is 52.3 Å². The minimum absolute atomic E-state index is 0.347. The van der Waals surface area contributed by atoms with Gasteiger partial charge in [0.15, 0.2) is 0 Å². The van der Waals surface area contributed by atoms with Crippen molar-refractivity contribution >= 4 is 11.8 Å². The smallest absolute Gasteiger partial charge is 0.0787 e. The summed E-state index contributed by atoms with van der Waals surface area (Å²) in [6.45, 7) is 6.25. The molecule has 0 amide bonds. The van der Waals surface area contributed by atoms with Crippen molar-refractivity contribution in [1.29, 1.82) is 0 Å². The molecular formula is C17H20OS. The van der Waals surface area contributed by atoms with Crippen LogP contribution in [0.25, 0.3) is 0 Å². The van der Waals surface area contributed by atoms with Gasteiger partial charge in [-0.3, -0.25) is 0 Å². The summed E-state index contributed by atoms with van der Waals surface area (Å²) in [5, 5.41) is 9.78. The van der Waals surface area contributed by atoms with Gasteiger partial charge in [0.25, 0.3) is 0 Å². The van der Waals surface area contributed by atoms with Gasteiger partial charge in [0.2, 0.25) is 0 Å². The maximum Gasteiger partial charge on any atom is 0.0787 e. The largest absolute Gasteiger partial charge is 0.388 e. The second-order valence-electron chi connectivity index (χ2n) is 4.86. The van der Waals surface area contributed by atoms with E-state index in [4.69, 9.17) is 0 Å². The molecule has 0 aliphatic rings. The third kappa shape index (κ3) is 3.62. The van der Waals surface area contributed by atoms with E-state index in [2.05, 4.69) is 44.2 Å². The number of aryl methyl sites for hydroxylation is 2. The van der Waals surface area contributed by atoms with E-state index in [1.54, 1.807) is 11.8 Å². The van der Waals surface area contributed by atoms with E-state index in [0.29, 0.717) is 0 Å². The number of hydrogen-bond acceptors (Lipinski definition) is 2. The summed E-state index contributed by atoms with van der Waals surface area (Å²) in [5.74, 6) is 0. The van der Waals surface area contributed by atoms with Gasteiger partial charge in [-0.2, -0.15) is 0 Å². The van der Waals surface area contributed by atoms with Gasteiger partial charge < -0.3 is 5.11 Å². The molecule has 0 aliphatic carbocycles. The zero-order valence-corrected chi connectivity index (χ0v) is 12.5. The van der Waals surface area contributed by atoms with Crippen LogP contribution in [0.5, 0.6) is 0 Å². The highest BCUT2D eigenvalue weighted by molar-refractivity contribution is 7.99. The van der Waals surface area contributed by atoms with Crippen molar-refractivity contribution in [3.8, 4) is 0 Å². The Balaban J connectivity index is 2.15. The van der Waals surface area contributed by atoms with Crippen LogP contribution in [-0.4, -0.2) is 5.11 Å². The van der Waals surface area contributed by atoms with Gasteiger partial charge in [-0.25, -0.2) is 0 Å². The standard InChI is InChI=1S/C17H20OS/c1-4-16(18)14-6-8-15(9-7-14)19-17-10-5-12(2)11-13(17)3/h5-11,16,18H,4H2,1-3H3. The molecule has 19 heavy (non-hydrogen) atoms. The molecule has 0 saturated heterocycles. The van der Waals surface area contributed by atoms with Crippen molar-refractivity contribution in [1.82, 2.24) is 0 Å². The third-order valence-electron chi connectivity index (χ3n) is 3.21. The molecule has 0 spiro atoms. The first kappa shape index (κ1) is 14.2. The van der Waals surface area contributed by atoms with E-state index in [9.17, 15) is 5.11 Å². The molecule has 1 atom stereocenters. The first-order valence-corrected chi connectivity index (χ1v) is 7.45. The Bertz CT molecular complexity index is 546. The average molecular weight is 272 g/mol. The van der Waals surface area contributed by atoms with Gasteiger partial charge in [0, 0.05) is 9.79 Å². The van der Waals surface area contributed by atoms with Crippen LogP contribution < -0.4 is 0 Å². The van der Waals surface area contributed by atoms with E-state index in [1.807, 2.05) is 19.1 Å². The molecule has 1 nitrogen and oxygen atoms in total. The molecule has 0 heterocycles. The summed E-state index contributed by atoms with van der Waals surface area (Å²) < 4.78 is 0. The van der Waals surface area contributed by atoms with Crippen LogP contribution in [0.3, 0.4) is 0 Å². The third-order valence-corrected chi connectivity index (χ3v) is 4.40. The summed E-state index contributed by atoms with van der Waals surface area (Å²) in [6.07, 6.45) is 0.406. The Labute approximate surface area is 119 Å². The molecule has 1 unspecified atom stereocenters. The lowest BCUT2D eigenvalue weighted by Crippen LogP contribution is -1.94. The number of benzene rings is 2. The van der Waals surface area contributed by atoms with E-state index in [1.165, 1.54) is 20.9 Å². The minimum atomic E-state index is -0.347. The minimum Gasteiger partial charge on any atom is -0.388 e. The molecule has 2 aromatic rings. The molecule has 0 bridgehead atoms. The second-order valence-corrected chi connectivity index (χ2v) is 5.98. The first-order valence-electron chi connectivity index (χ1n) is 6.63. The fraction of sp³-hybridized carbons (Fsp3) is 0.294. The molecule has 2 heteroatoms. The molecule has 2 rings (SSSR count). The maximum absolute atomic E-state index is 9.78. The molecule has 2 aromatic carbocycles. The van der Waals surface area contributed by atoms with Gasteiger partial charge in [-0.05, 0) is 49.6 Å². The highest BCUT2D eigenvalue weighted by atomic mass is 32.2. The van der Waals surface area contributed by atoms with E-state index in [0.717, 1.165) is 12.0 Å². The number of aliphatic hydroxyl groups excluding tert-OH is 1. The molecule has 0 aromatic heterocycles. The van der Waals surface area contributed by atoms with Crippen LogP contribution >= 0.6 is 11.8 Å². The normalized spacial score (nSPS) is 12.4. The molecule has 0 aliphatic heterocycles. The zero-order chi connectivity index (χ0) is 13.8. The number of aliphatic hydroxyl groups is 1. The highest BCUT2D eigenvalue weighted by Crippen LogP contribution is 2.31. The lowest BCUT2D eigenvalue weighted by molar-refractivity contribution is 0.173. The lowest BCUT2D eigenvalue weighted by atomic mass is 10.1. The van der Waals surface area contributed by atoms with Crippen LogP contribution in [0.4, 0.5) is 0 Å². The monoisotopic (exact) mass is 272 g/mol. The Morgan fingerprint density at radius 2 is 1.74 bits per heavy atom. The second kappa shape index (κ2) is 6.27. The van der Waals surface area contributed by atoms with Crippen molar-refractivity contribution < 1.29 is 5.11 Å². The van der Waals surface area contributed by atoms with Crippen LogP contribution in [0, 0.1) is 13.8 Å². The van der Waals surface area contributed by atoms with Crippen LogP contribution in [0.1, 0.15) is 36.1 Å². The van der Waals surface area contributed by atoms with Crippen molar-refractivity contribution in [3.05, 3.63) is 59.2 Å². The highest BCUT2D eigenvalue weighted by Gasteiger charge is 2.05. The van der Waals surface area contributed by atoms with Crippen molar-refractivity contribution in [2.24, 2.45) is 0 Å². The van der Waals surface area contributed by atoms with Gasteiger partial charge >= 0.3 is 0 Å². The summed E-state index contributed by atoms with van der Waals surface area (Å²) in [6, 6.07) is 14.7. The average Bonchev–Trinajstić information content (AvgIpc) is 2.42. The Kier molecular flexibility index (Phi) is 4.67. The Hall–Kier alpha value is -1.25. The van der Waals surface area contributed by atoms with Crippen molar-refractivity contribution in [3.63, 3.8) is 0 Å². The van der Waals surface area contributed by atoms with Gasteiger partial charge in [0.1, 0.15) is 0 Å². The SMILES string of the molecule is CCC(O)c1ccc(Sc2ccc(C)cc2C)cc1. The Morgan fingerprint density at radius 1 is 1.05 bits per heavy atom. The van der Waals surface area contributed by atoms with E-state index < -0.39 is 0 Å². The first-order chi connectivity index (χ1) is 9.10. The molecule has 100 valence electrons. The zero-order valence-electron chi connectivity index (χ0n) is 11.7. The molecule has 0 fully saturated rings. The molecule has 1 N–H and O–H groups in total. The summed E-state index contributed by atoms with van der Waals surface area (Å²) in [5.41, 5.74) is 3.60. The fourth-order valence-electron chi connectivity index (χ4n) is 2.03. The van der Waals surface area contributed by atoms with Crippen molar-refractivity contribution in [2.75, 3.05) is 0 Å². The van der Waals surface area contributed by atoms with Crippen LogP contribution in [0.2, 0.25) is 0 Å². The van der Waals surface area contributed by atoms with E-state index >= 15 is 0 Å². The number of hydrogen-bond donors (Lipinski definition) is 1. The van der Waals surface area contributed by atoms with Gasteiger partial charge in [0.05, 0.1) is 6.10 Å². The molecule has 0 saturated carbocycles.